The van der Waals surface area contributed by atoms with Crippen molar-refractivity contribution < 1.29 is 14.6 Å². The fourth-order valence-corrected chi connectivity index (χ4v) is 2.81. The fourth-order valence-electron chi connectivity index (χ4n) is 2.81. The Labute approximate surface area is 117 Å². The quantitative estimate of drug-likeness (QED) is 0.838. The molecule has 0 saturated carbocycles. The molecule has 1 N–H and O–H groups in total. The Bertz CT molecular complexity index is 609. The number of aliphatic hydroxyl groups is 1. The molecule has 0 amide bonds. The average Bonchev–Trinajstić information content (AvgIpc) is 2.43. The van der Waals surface area contributed by atoms with Crippen molar-refractivity contribution in [2.45, 2.75) is 24.5 Å². The highest BCUT2D eigenvalue weighted by atomic mass is 16.6. The first kappa shape index (κ1) is 12.9. The molecule has 3 heteroatoms. The summed E-state index contributed by atoms with van der Waals surface area (Å²) in [4.78, 5) is 11.4. The number of aliphatic hydroxyl groups excluding tert-OH is 1. The van der Waals surface area contributed by atoms with Crippen LogP contribution in [0.25, 0.3) is 0 Å². The molecule has 20 heavy (non-hydrogen) atoms. The molecule has 0 saturated heterocycles. The summed E-state index contributed by atoms with van der Waals surface area (Å²) in [6.45, 7) is 3.75. The molecule has 1 heterocycles. The largest absolute Gasteiger partial charge is 0.465 e. The van der Waals surface area contributed by atoms with Crippen molar-refractivity contribution in [3.63, 3.8) is 0 Å². The van der Waals surface area contributed by atoms with Crippen molar-refractivity contribution in [1.82, 2.24) is 0 Å². The molecule has 1 aromatic rings. The molecule has 1 aliphatic heterocycles. The Morgan fingerprint density at radius 1 is 1.40 bits per heavy atom. The summed E-state index contributed by atoms with van der Waals surface area (Å²) in [5.41, 5.74) is 1.66. The number of carbonyl (C=O) groups excluding carboxylic acids is 1. The number of fused-ring (bicyclic) bond motifs is 2. The van der Waals surface area contributed by atoms with E-state index in [-0.39, 0.29) is 5.78 Å². The van der Waals surface area contributed by atoms with Gasteiger partial charge < -0.3 is 9.84 Å². The second-order valence-electron chi connectivity index (χ2n) is 5.21. The van der Waals surface area contributed by atoms with E-state index in [0.29, 0.717) is 12.2 Å². The Kier molecular flexibility index (Phi) is 3.07. The van der Waals surface area contributed by atoms with Gasteiger partial charge in [-0.3, -0.25) is 4.79 Å². The molecule has 1 aromatic carbocycles. The van der Waals surface area contributed by atoms with Crippen LogP contribution in [0.4, 0.5) is 0 Å². The van der Waals surface area contributed by atoms with Crippen LogP contribution in [-0.4, -0.2) is 17.2 Å². The minimum atomic E-state index is -0.866. The lowest BCUT2D eigenvalue weighted by atomic mass is 9.72. The van der Waals surface area contributed by atoms with Gasteiger partial charge in [-0.15, -0.1) is 6.58 Å². The number of rotatable bonds is 2. The van der Waals surface area contributed by atoms with Crippen LogP contribution in [0.2, 0.25) is 0 Å². The number of hydrogen-bond acceptors (Lipinski definition) is 3. The van der Waals surface area contributed by atoms with Gasteiger partial charge in [0.25, 0.3) is 0 Å². The van der Waals surface area contributed by atoms with E-state index in [1.165, 1.54) is 0 Å². The summed E-state index contributed by atoms with van der Waals surface area (Å²) in [6, 6.07) is 5.90. The molecule has 0 bridgehead atoms. The number of ether oxygens (including phenoxy) is 1. The lowest BCUT2D eigenvalue weighted by Crippen LogP contribution is -2.37. The van der Waals surface area contributed by atoms with E-state index in [0.717, 1.165) is 17.5 Å². The molecule has 1 aliphatic carbocycles. The van der Waals surface area contributed by atoms with Crippen molar-refractivity contribution >= 4 is 5.78 Å². The number of carbonyl (C=O) groups is 1. The van der Waals surface area contributed by atoms with E-state index >= 15 is 0 Å². The highest BCUT2D eigenvalue weighted by Crippen LogP contribution is 2.44. The highest BCUT2D eigenvalue weighted by molar-refractivity contribution is 6.00. The van der Waals surface area contributed by atoms with Crippen molar-refractivity contribution in [3.8, 4) is 5.75 Å². The molecule has 0 aromatic heterocycles. The minimum Gasteiger partial charge on any atom is -0.465 e. The third-order valence-electron chi connectivity index (χ3n) is 3.79. The predicted molar refractivity (Wildman–Crippen MR) is 76.6 cm³/mol. The first-order chi connectivity index (χ1) is 9.63. The van der Waals surface area contributed by atoms with Crippen LogP contribution in [0, 0.1) is 0 Å². The zero-order valence-corrected chi connectivity index (χ0v) is 11.1. The summed E-state index contributed by atoms with van der Waals surface area (Å²) in [7, 11) is 0. The zero-order valence-electron chi connectivity index (χ0n) is 11.1. The molecule has 0 radical (unpaired) electrons. The van der Waals surface area contributed by atoms with E-state index < -0.39 is 11.7 Å². The average molecular weight is 268 g/mol. The monoisotopic (exact) mass is 268 g/mol. The standard InChI is InChI=1S/C17H16O3/c1-2-3-12-4-5-15-14(10-12)17(11-16(19)20-15)8-6-13(18)7-9-17/h2,4-10,16,19H,1,3,11H2. The third-order valence-corrected chi connectivity index (χ3v) is 3.79. The van der Waals surface area contributed by atoms with Gasteiger partial charge in [-0.1, -0.05) is 30.4 Å². The maximum Gasteiger partial charge on any atom is 0.198 e. The van der Waals surface area contributed by atoms with Crippen molar-refractivity contribution in [2.75, 3.05) is 0 Å². The van der Waals surface area contributed by atoms with Crippen LogP contribution in [0.15, 0.2) is 55.2 Å². The second-order valence-corrected chi connectivity index (χ2v) is 5.21. The topological polar surface area (TPSA) is 46.5 Å². The van der Waals surface area contributed by atoms with Gasteiger partial charge in [-0.05, 0) is 30.2 Å². The molecule has 102 valence electrons. The molecule has 0 fully saturated rings. The normalized spacial score (nSPS) is 22.4. The third kappa shape index (κ3) is 2.10. The summed E-state index contributed by atoms with van der Waals surface area (Å²) in [5, 5.41) is 9.92. The smallest absolute Gasteiger partial charge is 0.198 e. The predicted octanol–water partition coefficient (Wildman–Crippen LogP) is 2.45. The lowest BCUT2D eigenvalue weighted by molar-refractivity contribution is -0.110. The van der Waals surface area contributed by atoms with Gasteiger partial charge >= 0.3 is 0 Å². The van der Waals surface area contributed by atoms with Crippen LogP contribution in [0.1, 0.15) is 17.5 Å². The number of allylic oxidation sites excluding steroid dienone is 5. The van der Waals surface area contributed by atoms with Gasteiger partial charge in [0.1, 0.15) is 5.75 Å². The van der Waals surface area contributed by atoms with E-state index in [9.17, 15) is 9.90 Å². The summed E-state index contributed by atoms with van der Waals surface area (Å²) >= 11 is 0. The number of ketones is 1. The van der Waals surface area contributed by atoms with Crippen molar-refractivity contribution in [1.29, 1.82) is 0 Å². The maximum atomic E-state index is 11.4. The van der Waals surface area contributed by atoms with Gasteiger partial charge in [0.2, 0.25) is 0 Å². The molecular formula is C17H16O3. The first-order valence-electron chi connectivity index (χ1n) is 6.64. The van der Waals surface area contributed by atoms with E-state index in [1.54, 1.807) is 12.2 Å². The Hall–Kier alpha value is -2.13. The Morgan fingerprint density at radius 3 is 2.85 bits per heavy atom. The summed E-state index contributed by atoms with van der Waals surface area (Å²) < 4.78 is 5.50. The molecule has 1 unspecified atom stereocenters. The lowest BCUT2D eigenvalue weighted by Gasteiger charge is -2.38. The number of benzene rings is 1. The van der Waals surface area contributed by atoms with E-state index in [4.69, 9.17) is 4.74 Å². The highest BCUT2D eigenvalue weighted by Gasteiger charge is 2.38. The van der Waals surface area contributed by atoms with Gasteiger partial charge in [0.15, 0.2) is 12.1 Å². The summed E-state index contributed by atoms with van der Waals surface area (Å²) in [5.74, 6) is 0.639. The van der Waals surface area contributed by atoms with Gasteiger partial charge in [-0.2, -0.15) is 0 Å². The van der Waals surface area contributed by atoms with Crippen molar-refractivity contribution in [3.05, 3.63) is 66.3 Å². The van der Waals surface area contributed by atoms with Crippen LogP contribution in [0.5, 0.6) is 5.75 Å². The zero-order chi connectivity index (χ0) is 14.2. The molecule has 1 atom stereocenters. The molecule has 3 nitrogen and oxygen atoms in total. The van der Waals surface area contributed by atoms with Crippen molar-refractivity contribution in [2.24, 2.45) is 0 Å². The SMILES string of the molecule is C=CCc1ccc2c(c1)C1(C=CC(=O)C=C1)CC(O)O2. The molecular weight excluding hydrogens is 252 g/mol. The molecule has 2 aliphatic rings. The van der Waals surface area contributed by atoms with Crippen LogP contribution >= 0.6 is 0 Å². The maximum absolute atomic E-state index is 11.4. The van der Waals surface area contributed by atoms with Gasteiger partial charge in [0, 0.05) is 17.4 Å². The van der Waals surface area contributed by atoms with Crippen LogP contribution in [-0.2, 0) is 16.6 Å². The second kappa shape index (κ2) is 4.76. The Balaban J connectivity index is 2.12. The first-order valence-corrected chi connectivity index (χ1v) is 6.64. The molecule has 3 rings (SSSR count). The van der Waals surface area contributed by atoms with E-state index in [1.807, 2.05) is 30.4 Å². The Morgan fingerprint density at radius 2 is 2.15 bits per heavy atom. The summed E-state index contributed by atoms with van der Waals surface area (Å²) in [6.07, 6.45) is 9.01. The fraction of sp³-hybridized carbons (Fsp3) is 0.235. The van der Waals surface area contributed by atoms with E-state index in [2.05, 4.69) is 12.6 Å². The van der Waals surface area contributed by atoms with Gasteiger partial charge in [-0.25, -0.2) is 0 Å². The van der Waals surface area contributed by atoms with Crippen LogP contribution in [0.3, 0.4) is 0 Å². The number of hydrogen-bond donors (Lipinski definition) is 1. The molecule has 1 spiro atoms. The van der Waals surface area contributed by atoms with Crippen LogP contribution < -0.4 is 4.74 Å². The minimum absolute atomic E-state index is 0.0274. The van der Waals surface area contributed by atoms with Gasteiger partial charge in [0.05, 0.1) is 0 Å².